The standard InChI is InChI=1S/C11H9BrIN3/c12-8-5-7(14)6-15-11(8)16-10-4-2-1-3-9(10)13/h1-6H,14H2,(H,15,16). The van der Waals surface area contributed by atoms with Gasteiger partial charge in [0.05, 0.1) is 22.0 Å². The van der Waals surface area contributed by atoms with Crippen LogP contribution >= 0.6 is 38.5 Å². The normalized spacial score (nSPS) is 10.1. The topological polar surface area (TPSA) is 50.9 Å². The average Bonchev–Trinajstić information content (AvgIpc) is 2.25. The minimum Gasteiger partial charge on any atom is -0.397 e. The number of pyridine rings is 1. The molecule has 0 bridgehead atoms. The van der Waals surface area contributed by atoms with Crippen LogP contribution < -0.4 is 11.1 Å². The Morgan fingerprint density at radius 2 is 2.06 bits per heavy atom. The maximum Gasteiger partial charge on any atom is 0.144 e. The van der Waals surface area contributed by atoms with Gasteiger partial charge in [-0.05, 0) is 56.7 Å². The number of nitrogens with one attached hydrogen (secondary N) is 1. The van der Waals surface area contributed by atoms with Crippen LogP contribution in [-0.2, 0) is 0 Å². The van der Waals surface area contributed by atoms with Gasteiger partial charge in [0.15, 0.2) is 0 Å². The van der Waals surface area contributed by atoms with Gasteiger partial charge in [-0.15, -0.1) is 0 Å². The van der Waals surface area contributed by atoms with Crippen molar-refractivity contribution < 1.29 is 0 Å². The lowest BCUT2D eigenvalue weighted by Gasteiger charge is -2.09. The second-order valence-electron chi connectivity index (χ2n) is 3.20. The van der Waals surface area contributed by atoms with Crippen molar-refractivity contribution in [3.05, 3.63) is 44.6 Å². The number of rotatable bonds is 2. The van der Waals surface area contributed by atoms with Crippen LogP contribution in [0.25, 0.3) is 0 Å². The molecule has 0 aliphatic rings. The van der Waals surface area contributed by atoms with E-state index in [4.69, 9.17) is 5.73 Å². The number of anilines is 3. The van der Waals surface area contributed by atoms with E-state index in [0.717, 1.165) is 19.5 Å². The molecule has 0 atom stereocenters. The Bertz CT molecular complexity index is 516. The molecule has 0 fully saturated rings. The van der Waals surface area contributed by atoms with Gasteiger partial charge < -0.3 is 11.1 Å². The summed E-state index contributed by atoms with van der Waals surface area (Å²) in [7, 11) is 0. The molecule has 0 aliphatic carbocycles. The minimum absolute atomic E-state index is 0.639. The number of para-hydroxylation sites is 1. The van der Waals surface area contributed by atoms with E-state index < -0.39 is 0 Å². The summed E-state index contributed by atoms with van der Waals surface area (Å²) in [6.07, 6.45) is 1.63. The number of hydrogen-bond donors (Lipinski definition) is 2. The van der Waals surface area contributed by atoms with Crippen molar-refractivity contribution in [2.75, 3.05) is 11.1 Å². The van der Waals surface area contributed by atoms with Gasteiger partial charge in [0.25, 0.3) is 0 Å². The Balaban J connectivity index is 2.31. The highest BCUT2D eigenvalue weighted by molar-refractivity contribution is 14.1. The molecule has 0 aliphatic heterocycles. The fourth-order valence-electron chi connectivity index (χ4n) is 1.23. The van der Waals surface area contributed by atoms with E-state index in [0.29, 0.717) is 5.69 Å². The molecule has 1 heterocycles. The van der Waals surface area contributed by atoms with Crippen molar-refractivity contribution in [2.24, 2.45) is 0 Å². The summed E-state index contributed by atoms with van der Waals surface area (Å²) in [4.78, 5) is 4.23. The number of benzene rings is 1. The lowest BCUT2D eigenvalue weighted by Crippen LogP contribution is -1.97. The Hall–Kier alpha value is -0.820. The van der Waals surface area contributed by atoms with Crippen molar-refractivity contribution >= 4 is 55.7 Å². The first-order valence-corrected chi connectivity index (χ1v) is 6.46. The lowest BCUT2D eigenvalue weighted by atomic mass is 10.3. The Morgan fingerprint density at radius 1 is 1.31 bits per heavy atom. The molecule has 3 nitrogen and oxygen atoms in total. The van der Waals surface area contributed by atoms with Gasteiger partial charge in [0, 0.05) is 3.57 Å². The molecular weight excluding hydrogens is 381 g/mol. The summed E-state index contributed by atoms with van der Waals surface area (Å²) in [5.41, 5.74) is 7.30. The highest BCUT2D eigenvalue weighted by Crippen LogP contribution is 2.27. The monoisotopic (exact) mass is 389 g/mol. The molecule has 2 aromatic rings. The molecule has 5 heteroatoms. The minimum atomic E-state index is 0.639. The van der Waals surface area contributed by atoms with Gasteiger partial charge >= 0.3 is 0 Å². The van der Waals surface area contributed by atoms with Gasteiger partial charge in [-0.3, -0.25) is 0 Å². The fourth-order valence-corrected chi connectivity index (χ4v) is 2.22. The van der Waals surface area contributed by atoms with Crippen molar-refractivity contribution in [2.45, 2.75) is 0 Å². The number of nitrogen functional groups attached to an aromatic ring is 1. The maximum atomic E-state index is 5.63. The molecule has 0 saturated heterocycles. The summed E-state index contributed by atoms with van der Waals surface area (Å²) >= 11 is 5.70. The van der Waals surface area contributed by atoms with Crippen LogP contribution in [0.3, 0.4) is 0 Å². The van der Waals surface area contributed by atoms with Crippen molar-refractivity contribution in [3.63, 3.8) is 0 Å². The van der Waals surface area contributed by atoms with E-state index >= 15 is 0 Å². The number of nitrogens with two attached hydrogens (primary N) is 1. The molecule has 0 amide bonds. The predicted octanol–water partition coefficient (Wildman–Crippen LogP) is 3.77. The van der Waals surface area contributed by atoms with E-state index in [9.17, 15) is 0 Å². The zero-order valence-electron chi connectivity index (χ0n) is 8.24. The van der Waals surface area contributed by atoms with E-state index in [1.807, 2.05) is 30.3 Å². The molecule has 82 valence electrons. The summed E-state index contributed by atoms with van der Waals surface area (Å²) < 4.78 is 2.00. The van der Waals surface area contributed by atoms with E-state index in [2.05, 4.69) is 48.8 Å². The molecule has 2 rings (SSSR count). The van der Waals surface area contributed by atoms with Crippen molar-refractivity contribution in [1.29, 1.82) is 0 Å². The molecular formula is C11H9BrIN3. The largest absolute Gasteiger partial charge is 0.397 e. The number of aromatic nitrogens is 1. The van der Waals surface area contributed by atoms with Crippen molar-refractivity contribution in [3.8, 4) is 0 Å². The van der Waals surface area contributed by atoms with E-state index in [-0.39, 0.29) is 0 Å². The van der Waals surface area contributed by atoms with Gasteiger partial charge in [-0.2, -0.15) is 0 Å². The predicted molar refractivity (Wildman–Crippen MR) is 78.8 cm³/mol. The van der Waals surface area contributed by atoms with Crippen molar-refractivity contribution in [1.82, 2.24) is 4.98 Å². The summed E-state index contributed by atoms with van der Waals surface area (Å²) in [6.45, 7) is 0. The summed E-state index contributed by atoms with van der Waals surface area (Å²) in [6, 6.07) is 9.85. The maximum absolute atomic E-state index is 5.63. The van der Waals surface area contributed by atoms with Crippen LogP contribution in [0.2, 0.25) is 0 Å². The third kappa shape index (κ3) is 2.65. The Morgan fingerprint density at radius 3 is 2.75 bits per heavy atom. The van der Waals surface area contributed by atoms with Gasteiger partial charge in [-0.25, -0.2) is 4.98 Å². The molecule has 16 heavy (non-hydrogen) atoms. The van der Waals surface area contributed by atoms with Crippen LogP contribution in [-0.4, -0.2) is 4.98 Å². The Kier molecular flexibility index (Phi) is 3.65. The molecule has 0 spiro atoms. The second kappa shape index (κ2) is 5.01. The molecule has 1 aromatic heterocycles. The Labute approximate surface area is 116 Å². The first-order valence-electron chi connectivity index (χ1n) is 4.59. The highest BCUT2D eigenvalue weighted by atomic mass is 127. The zero-order chi connectivity index (χ0) is 11.5. The molecule has 0 unspecified atom stereocenters. The third-order valence-electron chi connectivity index (χ3n) is 1.99. The number of hydrogen-bond acceptors (Lipinski definition) is 3. The van der Waals surface area contributed by atoms with E-state index in [1.165, 1.54) is 0 Å². The van der Waals surface area contributed by atoms with Crippen LogP contribution in [0.15, 0.2) is 41.0 Å². The van der Waals surface area contributed by atoms with Gasteiger partial charge in [0.2, 0.25) is 0 Å². The highest BCUT2D eigenvalue weighted by Gasteiger charge is 2.04. The van der Waals surface area contributed by atoms with Crippen LogP contribution in [0.4, 0.5) is 17.2 Å². The molecule has 0 radical (unpaired) electrons. The zero-order valence-corrected chi connectivity index (χ0v) is 12.0. The fraction of sp³-hybridized carbons (Fsp3) is 0. The molecule has 1 aromatic carbocycles. The van der Waals surface area contributed by atoms with Crippen LogP contribution in [0, 0.1) is 3.57 Å². The first-order chi connectivity index (χ1) is 7.66. The quantitative estimate of drug-likeness (QED) is 0.768. The van der Waals surface area contributed by atoms with Gasteiger partial charge in [0.1, 0.15) is 5.82 Å². The summed E-state index contributed by atoms with van der Waals surface area (Å²) in [5, 5.41) is 3.25. The number of nitrogens with zero attached hydrogens (tertiary/aromatic N) is 1. The van der Waals surface area contributed by atoms with Gasteiger partial charge in [-0.1, -0.05) is 12.1 Å². The SMILES string of the molecule is Nc1cnc(Nc2ccccc2I)c(Br)c1. The second-order valence-corrected chi connectivity index (χ2v) is 5.22. The average molecular weight is 390 g/mol. The smallest absolute Gasteiger partial charge is 0.144 e. The van der Waals surface area contributed by atoms with Crippen LogP contribution in [0.5, 0.6) is 0 Å². The van der Waals surface area contributed by atoms with E-state index in [1.54, 1.807) is 6.20 Å². The number of halogens is 2. The lowest BCUT2D eigenvalue weighted by molar-refractivity contribution is 1.29. The first kappa shape index (κ1) is 11.7. The third-order valence-corrected chi connectivity index (χ3v) is 3.53. The molecule has 3 N–H and O–H groups in total. The summed E-state index contributed by atoms with van der Waals surface area (Å²) in [5.74, 6) is 0.762. The molecule has 0 saturated carbocycles. The van der Waals surface area contributed by atoms with Crippen LogP contribution in [0.1, 0.15) is 0 Å².